The van der Waals surface area contributed by atoms with Gasteiger partial charge in [-0.25, -0.2) is 8.42 Å². The van der Waals surface area contributed by atoms with Crippen LogP contribution in [0.15, 0.2) is 65.6 Å². The minimum atomic E-state index is -3.74. The lowest BCUT2D eigenvalue weighted by Gasteiger charge is -2.18. The van der Waals surface area contributed by atoms with Crippen molar-refractivity contribution in [2.75, 3.05) is 5.32 Å². The van der Waals surface area contributed by atoms with Crippen LogP contribution >= 0.6 is 0 Å². The van der Waals surface area contributed by atoms with Gasteiger partial charge in [0, 0.05) is 5.69 Å². The van der Waals surface area contributed by atoms with Crippen LogP contribution in [0, 0.1) is 0 Å². The fourth-order valence-corrected chi connectivity index (χ4v) is 3.51. The van der Waals surface area contributed by atoms with Gasteiger partial charge in [0.1, 0.15) is 6.04 Å². The fraction of sp³-hybridized carbons (Fsp3) is 0.278. The number of anilines is 1. The SMILES string of the molecule is CCCC[C@H](NS(=O)(=O)c1ccccc1)C(=O)Nc1ccccc1. The van der Waals surface area contributed by atoms with Gasteiger partial charge in [-0.15, -0.1) is 0 Å². The summed E-state index contributed by atoms with van der Waals surface area (Å²) in [6.07, 6.45) is 2.08. The maximum atomic E-state index is 12.5. The third-order valence-electron chi connectivity index (χ3n) is 3.56. The number of carbonyl (C=O) groups is 1. The van der Waals surface area contributed by atoms with Crippen molar-refractivity contribution in [2.45, 2.75) is 37.1 Å². The number of hydrogen-bond donors (Lipinski definition) is 2. The lowest BCUT2D eigenvalue weighted by atomic mass is 10.1. The second-order valence-electron chi connectivity index (χ2n) is 5.48. The van der Waals surface area contributed by atoms with E-state index in [1.54, 1.807) is 30.3 Å². The molecular formula is C18H22N2O3S. The molecule has 0 bridgehead atoms. The summed E-state index contributed by atoms with van der Waals surface area (Å²) in [6.45, 7) is 2.00. The molecule has 24 heavy (non-hydrogen) atoms. The van der Waals surface area contributed by atoms with E-state index in [1.165, 1.54) is 12.1 Å². The summed E-state index contributed by atoms with van der Waals surface area (Å²) < 4.78 is 27.5. The van der Waals surface area contributed by atoms with Crippen molar-refractivity contribution in [1.29, 1.82) is 0 Å². The number of nitrogens with one attached hydrogen (secondary N) is 2. The van der Waals surface area contributed by atoms with Crippen LogP contribution in [0.1, 0.15) is 26.2 Å². The first-order valence-corrected chi connectivity index (χ1v) is 9.44. The summed E-state index contributed by atoms with van der Waals surface area (Å²) in [5, 5.41) is 2.76. The molecule has 2 aromatic rings. The van der Waals surface area contributed by atoms with Gasteiger partial charge < -0.3 is 5.32 Å². The van der Waals surface area contributed by atoms with Gasteiger partial charge in [-0.1, -0.05) is 56.2 Å². The monoisotopic (exact) mass is 346 g/mol. The molecule has 0 saturated carbocycles. The van der Waals surface area contributed by atoms with Crippen LogP contribution in [0.4, 0.5) is 5.69 Å². The van der Waals surface area contributed by atoms with Crippen LogP contribution in [0.2, 0.25) is 0 Å². The maximum Gasteiger partial charge on any atom is 0.242 e. The van der Waals surface area contributed by atoms with Gasteiger partial charge in [-0.2, -0.15) is 4.72 Å². The summed E-state index contributed by atoms with van der Waals surface area (Å²) in [5.41, 5.74) is 0.642. The molecule has 0 aromatic heterocycles. The van der Waals surface area contributed by atoms with E-state index >= 15 is 0 Å². The zero-order chi connectivity index (χ0) is 17.4. The number of amides is 1. The van der Waals surface area contributed by atoms with Gasteiger partial charge >= 0.3 is 0 Å². The third-order valence-corrected chi connectivity index (χ3v) is 5.04. The minimum absolute atomic E-state index is 0.152. The molecule has 0 spiro atoms. The normalized spacial score (nSPS) is 12.5. The van der Waals surface area contributed by atoms with Gasteiger partial charge in [0.15, 0.2) is 0 Å². The number of unbranched alkanes of at least 4 members (excludes halogenated alkanes) is 1. The lowest BCUT2D eigenvalue weighted by molar-refractivity contribution is -0.117. The van der Waals surface area contributed by atoms with Crippen LogP contribution in [-0.4, -0.2) is 20.4 Å². The van der Waals surface area contributed by atoms with Crippen molar-refractivity contribution in [3.05, 3.63) is 60.7 Å². The predicted octanol–water partition coefficient (Wildman–Crippen LogP) is 3.16. The number of carbonyl (C=O) groups excluding carboxylic acids is 1. The fourth-order valence-electron chi connectivity index (χ4n) is 2.26. The number of rotatable bonds is 8. The van der Waals surface area contributed by atoms with Crippen LogP contribution in [0.3, 0.4) is 0 Å². The van der Waals surface area contributed by atoms with E-state index in [1.807, 2.05) is 25.1 Å². The highest BCUT2D eigenvalue weighted by molar-refractivity contribution is 7.89. The van der Waals surface area contributed by atoms with Crippen molar-refractivity contribution >= 4 is 21.6 Å². The third kappa shape index (κ3) is 5.18. The van der Waals surface area contributed by atoms with Crippen LogP contribution < -0.4 is 10.0 Å². The molecule has 2 aromatic carbocycles. The highest BCUT2D eigenvalue weighted by Crippen LogP contribution is 2.13. The van der Waals surface area contributed by atoms with E-state index in [9.17, 15) is 13.2 Å². The summed E-state index contributed by atoms with van der Waals surface area (Å²) in [6, 6.07) is 16.3. The highest BCUT2D eigenvalue weighted by Gasteiger charge is 2.25. The molecule has 1 atom stereocenters. The molecule has 0 fully saturated rings. The first kappa shape index (κ1) is 18.2. The van der Waals surface area contributed by atoms with Crippen molar-refractivity contribution in [2.24, 2.45) is 0 Å². The van der Waals surface area contributed by atoms with Crippen molar-refractivity contribution in [1.82, 2.24) is 4.72 Å². The Morgan fingerprint density at radius 2 is 1.58 bits per heavy atom. The Morgan fingerprint density at radius 3 is 2.17 bits per heavy atom. The number of para-hydroxylation sites is 1. The predicted molar refractivity (Wildman–Crippen MR) is 95.1 cm³/mol. The largest absolute Gasteiger partial charge is 0.325 e. The first-order chi connectivity index (χ1) is 11.5. The number of hydrogen-bond acceptors (Lipinski definition) is 3. The second-order valence-corrected chi connectivity index (χ2v) is 7.20. The molecule has 0 heterocycles. The van der Waals surface area contributed by atoms with E-state index in [2.05, 4.69) is 10.0 Å². The molecule has 0 unspecified atom stereocenters. The molecular weight excluding hydrogens is 324 g/mol. The Bertz CT molecular complexity index is 746. The van der Waals surface area contributed by atoms with Crippen molar-refractivity contribution in [3.8, 4) is 0 Å². The van der Waals surface area contributed by atoms with Gasteiger partial charge in [0.05, 0.1) is 4.90 Å². The van der Waals surface area contributed by atoms with Crippen molar-refractivity contribution in [3.63, 3.8) is 0 Å². The standard InChI is InChI=1S/C18H22N2O3S/c1-2-3-14-17(18(21)19-15-10-6-4-7-11-15)20-24(22,23)16-12-8-5-9-13-16/h4-13,17,20H,2-3,14H2,1H3,(H,19,21)/t17-/m0/s1. The van der Waals surface area contributed by atoms with E-state index < -0.39 is 16.1 Å². The topological polar surface area (TPSA) is 75.3 Å². The van der Waals surface area contributed by atoms with Crippen LogP contribution in [0.5, 0.6) is 0 Å². The number of sulfonamides is 1. The minimum Gasteiger partial charge on any atom is -0.325 e. The Hall–Kier alpha value is -2.18. The quantitative estimate of drug-likeness (QED) is 0.771. The van der Waals surface area contributed by atoms with Gasteiger partial charge in [0.2, 0.25) is 15.9 Å². The van der Waals surface area contributed by atoms with Crippen LogP contribution in [-0.2, 0) is 14.8 Å². The lowest BCUT2D eigenvalue weighted by Crippen LogP contribution is -2.43. The Kier molecular flexibility index (Phi) is 6.52. The molecule has 2 N–H and O–H groups in total. The average molecular weight is 346 g/mol. The molecule has 0 aliphatic rings. The molecule has 5 nitrogen and oxygen atoms in total. The summed E-state index contributed by atoms with van der Waals surface area (Å²) in [7, 11) is -3.74. The molecule has 1 amide bonds. The summed E-state index contributed by atoms with van der Waals surface area (Å²) >= 11 is 0. The molecule has 6 heteroatoms. The number of benzene rings is 2. The molecule has 0 saturated heterocycles. The molecule has 0 radical (unpaired) electrons. The van der Waals surface area contributed by atoms with Crippen LogP contribution in [0.25, 0.3) is 0 Å². The zero-order valence-corrected chi connectivity index (χ0v) is 14.4. The average Bonchev–Trinajstić information content (AvgIpc) is 2.60. The smallest absolute Gasteiger partial charge is 0.242 e. The second kappa shape index (κ2) is 8.61. The maximum absolute atomic E-state index is 12.5. The van der Waals surface area contributed by atoms with Crippen molar-refractivity contribution < 1.29 is 13.2 Å². The van der Waals surface area contributed by atoms with Gasteiger partial charge in [-0.3, -0.25) is 4.79 Å². The highest BCUT2D eigenvalue weighted by atomic mass is 32.2. The van der Waals surface area contributed by atoms with E-state index in [0.29, 0.717) is 12.1 Å². The Labute approximate surface area is 143 Å². The van der Waals surface area contributed by atoms with E-state index in [-0.39, 0.29) is 10.8 Å². The molecule has 2 rings (SSSR count). The van der Waals surface area contributed by atoms with E-state index in [0.717, 1.165) is 12.8 Å². The Morgan fingerprint density at radius 1 is 1.00 bits per heavy atom. The summed E-state index contributed by atoms with van der Waals surface area (Å²) in [4.78, 5) is 12.6. The first-order valence-electron chi connectivity index (χ1n) is 7.96. The molecule has 128 valence electrons. The Balaban J connectivity index is 2.14. The molecule has 0 aliphatic heterocycles. The van der Waals surface area contributed by atoms with E-state index in [4.69, 9.17) is 0 Å². The van der Waals surface area contributed by atoms with Gasteiger partial charge in [0.25, 0.3) is 0 Å². The van der Waals surface area contributed by atoms with Gasteiger partial charge in [-0.05, 0) is 30.7 Å². The molecule has 0 aliphatic carbocycles. The summed E-state index contributed by atoms with van der Waals surface area (Å²) in [5.74, 6) is -0.353. The zero-order valence-electron chi connectivity index (χ0n) is 13.6.